The lowest BCUT2D eigenvalue weighted by molar-refractivity contribution is -0.137. The lowest BCUT2D eigenvalue weighted by Gasteiger charge is -2.08. The normalized spacial score (nSPS) is 12.3. The molecule has 0 spiro atoms. The molecule has 25 heavy (non-hydrogen) atoms. The predicted molar refractivity (Wildman–Crippen MR) is 90.2 cm³/mol. The Bertz CT molecular complexity index is 834. The molecule has 0 unspecified atom stereocenters. The number of carbonyl (C=O) groups is 1. The fourth-order valence-corrected chi connectivity index (χ4v) is 2.30. The van der Waals surface area contributed by atoms with Gasteiger partial charge in [0.15, 0.2) is 4.77 Å². The molecule has 9 heteroatoms. The van der Waals surface area contributed by atoms with Crippen molar-refractivity contribution >= 4 is 23.7 Å². The Kier molecular flexibility index (Phi) is 5.78. The topological polar surface area (TPSA) is 62.7 Å². The maximum atomic E-state index is 12.5. The summed E-state index contributed by atoms with van der Waals surface area (Å²) in [6.07, 6.45) is -2.52. The average molecular weight is 370 g/mol. The third-order valence-corrected chi connectivity index (χ3v) is 4.00. The van der Waals surface area contributed by atoms with Gasteiger partial charge >= 0.3 is 6.18 Å². The minimum Gasteiger partial charge on any atom is -0.352 e. The molecule has 0 fully saturated rings. The van der Waals surface area contributed by atoms with Crippen LogP contribution in [0.15, 0.2) is 30.3 Å². The summed E-state index contributed by atoms with van der Waals surface area (Å²) < 4.78 is 39.8. The Morgan fingerprint density at radius 3 is 2.52 bits per heavy atom. The van der Waals surface area contributed by atoms with E-state index in [1.807, 2.05) is 0 Å². The summed E-state index contributed by atoms with van der Waals surface area (Å²) in [5, 5.41) is 9.40. The highest BCUT2D eigenvalue weighted by atomic mass is 32.1. The quantitative estimate of drug-likeness (QED) is 0.627. The molecule has 0 atom stereocenters. The molecule has 1 aromatic heterocycles. The number of aromatic amines is 1. The van der Waals surface area contributed by atoms with Crippen LogP contribution in [0.1, 0.15) is 23.9 Å². The van der Waals surface area contributed by atoms with Crippen molar-refractivity contribution in [2.75, 3.05) is 6.54 Å². The molecule has 5 nitrogen and oxygen atoms in total. The Morgan fingerprint density at radius 2 is 2.00 bits per heavy atom. The SMILES string of the molecule is C/C(=C/C(=O)NCCc1n[nH]c(=S)n1C)c1ccc(C(F)(F)F)cc1. The van der Waals surface area contributed by atoms with E-state index >= 15 is 0 Å². The zero-order valence-electron chi connectivity index (χ0n) is 13.6. The van der Waals surface area contributed by atoms with Gasteiger partial charge in [0.1, 0.15) is 5.82 Å². The van der Waals surface area contributed by atoms with Gasteiger partial charge in [-0.25, -0.2) is 0 Å². The zero-order chi connectivity index (χ0) is 18.6. The molecule has 0 radical (unpaired) electrons. The first-order chi connectivity index (χ1) is 11.7. The van der Waals surface area contributed by atoms with Crippen molar-refractivity contribution in [1.82, 2.24) is 20.1 Å². The van der Waals surface area contributed by atoms with Gasteiger partial charge in [0.25, 0.3) is 0 Å². The maximum absolute atomic E-state index is 12.5. The second kappa shape index (κ2) is 7.64. The standard InChI is InChI=1S/C16H17F3N4OS/c1-10(11-3-5-12(6-4-11)16(17,18)19)9-14(24)20-8-7-13-21-22-15(25)23(13)2/h3-6,9H,7-8H2,1-2H3,(H,20,24)(H,22,25)/b10-9-. The van der Waals surface area contributed by atoms with Gasteiger partial charge < -0.3 is 9.88 Å². The Hall–Kier alpha value is -2.42. The van der Waals surface area contributed by atoms with E-state index in [4.69, 9.17) is 12.2 Å². The van der Waals surface area contributed by atoms with Crippen molar-refractivity contribution in [3.05, 3.63) is 52.1 Å². The van der Waals surface area contributed by atoms with Crippen LogP contribution in [0.4, 0.5) is 13.2 Å². The molecule has 0 saturated carbocycles. The number of hydrogen-bond acceptors (Lipinski definition) is 3. The minimum atomic E-state index is -4.37. The first-order valence-electron chi connectivity index (χ1n) is 7.42. The van der Waals surface area contributed by atoms with Gasteiger partial charge in [-0.2, -0.15) is 18.3 Å². The minimum absolute atomic E-state index is 0.325. The molecule has 0 aliphatic carbocycles. The highest BCUT2D eigenvalue weighted by molar-refractivity contribution is 7.71. The van der Waals surface area contributed by atoms with Gasteiger partial charge in [-0.1, -0.05) is 12.1 Å². The second-order valence-corrected chi connectivity index (χ2v) is 5.83. The molecule has 0 aliphatic rings. The number of benzene rings is 1. The van der Waals surface area contributed by atoms with Crippen molar-refractivity contribution in [3.8, 4) is 0 Å². The molecule has 1 amide bonds. The third kappa shape index (κ3) is 5.02. The molecule has 1 aromatic carbocycles. The van der Waals surface area contributed by atoms with Crippen LogP contribution in [0.2, 0.25) is 0 Å². The number of carbonyl (C=O) groups excluding carboxylic acids is 1. The van der Waals surface area contributed by atoms with Crippen molar-refractivity contribution in [2.24, 2.45) is 7.05 Å². The number of allylic oxidation sites excluding steroid dienone is 1. The molecule has 2 aromatic rings. The van der Waals surface area contributed by atoms with Crippen LogP contribution in [0, 0.1) is 4.77 Å². The van der Waals surface area contributed by atoms with Crippen LogP contribution in [-0.4, -0.2) is 27.2 Å². The molecule has 134 valence electrons. The number of amides is 1. The summed E-state index contributed by atoms with van der Waals surface area (Å²) in [6.45, 7) is 2.03. The molecule has 1 heterocycles. The van der Waals surface area contributed by atoms with E-state index in [1.54, 1.807) is 18.5 Å². The van der Waals surface area contributed by atoms with Crippen molar-refractivity contribution in [2.45, 2.75) is 19.5 Å². The van der Waals surface area contributed by atoms with Crippen LogP contribution < -0.4 is 5.32 Å². The van der Waals surface area contributed by atoms with Gasteiger partial charge in [-0.3, -0.25) is 9.89 Å². The van der Waals surface area contributed by atoms with E-state index < -0.39 is 11.7 Å². The Balaban J connectivity index is 1.93. The monoisotopic (exact) mass is 370 g/mol. The summed E-state index contributed by atoms with van der Waals surface area (Å²) in [5.41, 5.74) is 0.406. The van der Waals surface area contributed by atoms with Crippen LogP contribution >= 0.6 is 12.2 Å². The molecular formula is C16H17F3N4OS. The summed E-state index contributed by atoms with van der Waals surface area (Å²) in [4.78, 5) is 11.9. The number of alkyl halides is 3. The van der Waals surface area contributed by atoms with E-state index in [1.165, 1.54) is 18.2 Å². The molecule has 2 rings (SSSR count). The summed E-state index contributed by atoms with van der Waals surface area (Å²) in [7, 11) is 1.78. The number of hydrogen-bond donors (Lipinski definition) is 2. The number of H-pyrrole nitrogens is 1. The number of rotatable bonds is 5. The van der Waals surface area contributed by atoms with E-state index in [0.29, 0.717) is 34.7 Å². The second-order valence-electron chi connectivity index (χ2n) is 5.45. The van der Waals surface area contributed by atoms with Crippen molar-refractivity contribution in [1.29, 1.82) is 0 Å². The smallest absolute Gasteiger partial charge is 0.352 e. The Labute approximate surface area is 147 Å². The van der Waals surface area contributed by atoms with E-state index in [2.05, 4.69) is 15.5 Å². The highest BCUT2D eigenvalue weighted by Crippen LogP contribution is 2.29. The van der Waals surface area contributed by atoms with Gasteiger partial charge in [0.05, 0.1) is 5.56 Å². The molecule has 2 N–H and O–H groups in total. The Morgan fingerprint density at radius 1 is 1.36 bits per heavy atom. The zero-order valence-corrected chi connectivity index (χ0v) is 14.5. The van der Waals surface area contributed by atoms with Crippen LogP contribution in [0.25, 0.3) is 5.57 Å². The van der Waals surface area contributed by atoms with E-state index in [0.717, 1.165) is 12.1 Å². The summed E-state index contributed by atoms with van der Waals surface area (Å²) in [6, 6.07) is 4.68. The lowest BCUT2D eigenvalue weighted by Crippen LogP contribution is -2.24. The number of aromatic nitrogens is 3. The first kappa shape index (κ1) is 18.9. The predicted octanol–water partition coefficient (Wildman–Crippen LogP) is 3.26. The van der Waals surface area contributed by atoms with E-state index in [-0.39, 0.29) is 5.91 Å². The molecule has 0 aliphatic heterocycles. The average Bonchev–Trinajstić information content (AvgIpc) is 2.86. The van der Waals surface area contributed by atoms with Crippen LogP contribution in [0.5, 0.6) is 0 Å². The van der Waals surface area contributed by atoms with Gasteiger partial charge in [-0.05, 0) is 42.4 Å². The summed E-state index contributed by atoms with van der Waals surface area (Å²) >= 11 is 5.00. The maximum Gasteiger partial charge on any atom is 0.416 e. The van der Waals surface area contributed by atoms with Gasteiger partial charge in [0.2, 0.25) is 5.91 Å². The molecule has 0 saturated heterocycles. The summed E-state index contributed by atoms with van der Waals surface area (Å²) in [5.74, 6) is 0.392. The van der Waals surface area contributed by atoms with Crippen LogP contribution in [0.3, 0.4) is 0 Å². The van der Waals surface area contributed by atoms with Crippen molar-refractivity contribution in [3.63, 3.8) is 0 Å². The first-order valence-corrected chi connectivity index (χ1v) is 7.83. The number of nitrogens with one attached hydrogen (secondary N) is 2. The molecule has 0 bridgehead atoms. The van der Waals surface area contributed by atoms with Gasteiger partial charge in [-0.15, -0.1) is 0 Å². The van der Waals surface area contributed by atoms with Crippen LogP contribution in [-0.2, 0) is 24.4 Å². The largest absolute Gasteiger partial charge is 0.416 e. The van der Waals surface area contributed by atoms with E-state index in [9.17, 15) is 18.0 Å². The third-order valence-electron chi connectivity index (χ3n) is 3.64. The van der Waals surface area contributed by atoms with Gasteiger partial charge in [0, 0.05) is 26.1 Å². The number of nitrogens with zero attached hydrogens (tertiary/aromatic N) is 2. The fourth-order valence-electron chi connectivity index (χ4n) is 2.15. The lowest BCUT2D eigenvalue weighted by atomic mass is 10.0. The molecular weight excluding hydrogens is 353 g/mol. The fraction of sp³-hybridized carbons (Fsp3) is 0.312. The van der Waals surface area contributed by atoms with Crippen molar-refractivity contribution < 1.29 is 18.0 Å². The highest BCUT2D eigenvalue weighted by Gasteiger charge is 2.29. The number of halogens is 3.